The lowest BCUT2D eigenvalue weighted by atomic mass is 9.98. The van der Waals surface area contributed by atoms with E-state index in [-0.39, 0.29) is 5.91 Å². The van der Waals surface area contributed by atoms with Gasteiger partial charge in [0.2, 0.25) is 0 Å². The molecule has 2 aromatic carbocycles. The summed E-state index contributed by atoms with van der Waals surface area (Å²) in [6, 6.07) is 17.6. The van der Waals surface area contributed by atoms with Crippen LogP contribution < -0.4 is 10.1 Å². The number of benzene rings is 2. The molecule has 0 saturated carbocycles. The van der Waals surface area contributed by atoms with E-state index in [0.717, 1.165) is 47.8 Å². The first-order valence-corrected chi connectivity index (χ1v) is 10.9. The standard InChI is InChI=1S/C26H26ClN3O2/c1-17-4-5-20(14-24(17)29-26(31)21-8-11-25(27)28-15-21)18(2)30-13-12-22(16-30)19-6-9-23(32-3)10-7-19/h4-11,14-15,22H,2,12-13,16H2,1,3H3,(H,29,31). The number of halogens is 1. The van der Waals surface area contributed by atoms with Crippen LogP contribution in [0, 0.1) is 6.92 Å². The van der Waals surface area contributed by atoms with Gasteiger partial charge in [-0.25, -0.2) is 4.98 Å². The molecule has 1 aromatic heterocycles. The quantitative estimate of drug-likeness (QED) is 0.488. The maximum Gasteiger partial charge on any atom is 0.257 e. The van der Waals surface area contributed by atoms with Gasteiger partial charge in [-0.2, -0.15) is 0 Å². The third-order valence-corrected chi connectivity index (χ3v) is 6.19. The lowest BCUT2D eigenvalue weighted by Gasteiger charge is -2.22. The third kappa shape index (κ3) is 4.78. The molecule has 1 atom stereocenters. The Bertz CT molecular complexity index is 1130. The molecule has 3 aromatic rings. The molecule has 32 heavy (non-hydrogen) atoms. The Labute approximate surface area is 193 Å². The van der Waals surface area contributed by atoms with Crippen molar-refractivity contribution < 1.29 is 9.53 Å². The minimum atomic E-state index is -0.222. The second kappa shape index (κ2) is 9.45. The summed E-state index contributed by atoms with van der Waals surface area (Å²) in [5, 5.41) is 3.34. The molecular formula is C26H26ClN3O2. The van der Waals surface area contributed by atoms with Crippen LogP contribution in [0.15, 0.2) is 67.4 Å². The smallest absolute Gasteiger partial charge is 0.257 e. The molecule has 1 unspecified atom stereocenters. The van der Waals surface area contributed by atoms with Crippen molar-refractivity contribution in [3.8, 4) is 5.75 Å². The summed E-state index contributed by atoms with van der Waals surface area (Å²) in [4.78, 5) is 18.9. The summed E-state index contributed by atoms with van der Waals surface area (Å²) < 4.78 is 5.27. The molecule has 1 aliphatic heterocycles. The van der Waals surface area contributed by atoms with Crippen LogP contribution in [0.5, 0.6) is 5.75 Å². The number of hydrogen-bond donors (Lipinski definition) is 1. The Kier molecular flexibility index (Phi) is 6.47. The Balaban J connectivity index is 1.46. The van der Waals surface area contributed by atoms with Gasteiger partial charge in [-0.05, 0) is 60.4 Å². The first-order valence-electron chi connectivity index (χ1n) is 10.6. The van der Waals surface area contributed by atoms with Gasteiger partial charge in [0.05, 0.1) is 12.7 Å². The molecule has 1 amide bonds. The van der Waals surface area contributed by atoms with Crippen molar-refractivity contribution in [1.82, 2.24) is 9.88 Å². The summed E-state index contributed by atoms with van der Waals surface area (Å²) in [5.41, 5.74) is 5.47. The number of carbonyl (C=O) groups is 1. The predicted molar refractivity (Wildman–Crippen MR) is 129 cm³/mol. The van der Waals surface area contributed by atoms with Crippen LogP contribution in [0.1, 0.15) is 39.4 Å². The van der Waals surface area contributed by atoms with E-state index < -0.39 is 0 Å². The SMILES string of the molecule is C=C(c1ccc(C)c(NC(=O)c2ccc(Cl)nc2)c1)N1CCC(c2ccc(OC)cc2)C1. The van der Waals surface area contributed by atoms with E-state index in [4.69, 9.17) is 16.3 Å². The number of aromatic nitrogens is 1. The number of nitrogens with zero attached hydrogens (tertiary/aromatic N) is 2. The number of amides is 1. The maximum atomic E-state index is 12.6. The van der Waals surface area contributed by atoms with Gasteiger partial charge in [-0.1, -0.05) is 42.4 Å². The Hall–Kier alpha value is -3.31. The van der Waals surface area contributed by atoms with Gasteiger partial charge in [0.25, 0.3) is 5.91 Å². The Morgan fingerprint density at radius 3 is 2.59 bits per heavy atom. The number of methoxy groups -OCH3 is 1. The predicted octanol–water partition coefficient (Wildman–Crippen LogP) is 5.76. The highest BCUT2D eigenvalue weighted by Crippen LogP contribution is 2.33. The number of anilines is 1. The number of nitrogens with one attached hydrogen (secondary N) is 1. The van der Waals surface area contributed by atoms with E-state index in [2.05, 4.69) is 40.0 Å². The van der Waals surface area contributed by atoms with Gasteiger partial charge in [-0.15, -0.1) is 0 Å². The highest BCUT2D eigenvalue weighted by molar-refractivity contribution is 6.29. The van der Waals surface area contributed by atoms with E-state index >= 15 is 0 Å². The Morgan fingerprint density at radius 2 is 1.91 bits per heavy atom. The van der Waals surface area contributed by atoms with E-state index in [1.807, 2.05) is 31.2 Å². The first kappa shape index (κ1) is 21.9. The minimum Gasteiger partial charge on any atom is -0.497 e. The van der Waals surface area contributed by atoms with Crippen LogP contribution in [-0.4, -0.2) is 36.0 Å². The van der Waals surface area contributed by atoms with Crippen LogP contribution in [-0.2, 0) is 0 Å². The van der Waals surface area contributed by atoms with Crippen molar-refractivity contribution in [1.29, 1.82) is 0 Å². The molecule has 0 spiro atoms. The van der Waals surface area contributed by atoms with Crippen molar-refractivity contribution in [3.05, 3.63) is 94.8 Å². The van der Waals surface area contributed by atoms with Gasteiger partial charge in [0.1, 0.15) is 10.9 Å². The zero-order valence-electron chi connectivity index (χ0n) is 18.3. The third-order valence-electron chi connectivity index (χ3n) is 5.97. The number of carbonyl (C=O) groups excluding carboxylic acids is 1. The fourth-order valence-electron chi connectivity index (χ4n) is 3.98. The molecule has 1 aliphatic rings. The Morgan fingerprint density at radius 1 is 1.16 bits per heavy atom. The van der Waals surface area contributed by atoms with Crippen molar-refractivity contribution in [2.24, 2.45) is 0 Å². The van der Waals surface area contributed by atoms with E-state index in [0.29, 0.717) is 16.6 Å². The number of ether oxygens (including phenoxy) is 1. The molecular weight excluding hydrogens is 422 g/mol. The molecule has 5 nitrogen and oxygen atoms in total. The number of likely N-dealkylation sites (tertiary alicyclic amines) is 1. The molecule has 6 heteroatoms. The number of rotatable bonds is 6. The molecule has 0 bridgehead atoms. The second-order valence-electron chi connectivity index (χ2n) is 8.00. The second-order valence-corrected chi connectivity index (χ2v) is 8.39. The summed E-state index contributed by atoms with van der Waals surface area (Å²) in [6.45, 7) is 8.18. The lowest BCUT2D eigenvalue weighted by Crippen LogP contribution is -2.18. The summed E-state index contributed by atoms with van der Waals surface area (Å²) in [7, 11) is 1.68. The van der Waals surface area contributed by atoms with Crippen LogP contribution in [0.4, 0.5) is 5.69 Å². The van der Waals surface area contributed by atoms with Crippen LogP contribution in [0.25, 0.3) is 5.70 Å². The zero-order valence-corrected chi connectivity index (χ0v) is 19.0. The van der Waals surface area contributed by atoms with Crippen LogP contribution in [0.2, 0.25) is 5.15 Å². The highest BCUT2D eigenvalue weighted by Gasteiger charge is 2.25. The monoisotopic (exact) mass is 447 g/mol. The minimum absolute atomic E-state index is 0.222. The largest absolute Gasteiger partial charge is 0.497 e. The summed E-state index contributed by atoms with van der Waals surface area (Å²) >= 11 is 5.82. The van der Waals surface area contributed by atoms with E-state index in [1.54, 1.807) is 19.2 Å². The average Bonchev–Trinajstić information content (AvgIpc) is 3.31. The van der Waals surface area contributed by atoms with E-state index in [1.165, 1.54) is 11.8 Å². The van der Waals surface area contributed by atoms with Crippen LogP contribution in [0.3, 0.4) is 0 Å². The zero-order chi connectivity index (χ0) is 22.7. The molecule has 4 rings (SSSR count). The summed E-state index contributed by atoms with van der Waals surface area (Å²) in [6.07, 6.45) is 2.55. The average molecular weight is 448 g/mol. The van der Waals surface area contributed by atoms with Gasteiger partial charge >= 0.3 is 0 Å². The molecule has 0 aliphatic carbocycles. The normalized spacial score (nSPS) is 15.5. The topological polar surface area (TPSA) is 54.5 Å². The van der Waals surface area contributed by atoms with Crippen LogP contribution >= 0.6 is 11.6 Å². The first-order chi connectivity index (χ1) is 15.4. The van der Waals surface area contributed by atoms with Crippen molar-refractivity contribution in [2.75, 3.05) is 25.5 Å². The maximum absolute atomic E-state index is 12.6. The highest BCUT2D eigenvalue weighted by atomic mass is 35.5. The molecule has 0 radical (unpaired) electrons. The van der Waals surface area contributed by atoms with Gasteiger partial charge < -0.3 is 15.0 Å². The van der Waals surface area contributed by atoms with Gasteiger partial charge in [-0.3, -0.25) is 4.79 Å². The molecule has 1 fully saturated rings. The molecule has 2 heterocycles. The number of aryl methyl sites for hydroxylation is 1. The van der Waals surface area contributed by atoms with Crippen molar-refractivity contribution in [3.63, 3.8) is 0 Å². The summed E-state index contributed by atoms with van der Waals surface area (Å²) in [5.74, 6) is 1.11. The molecule has 1 N–H and O–H groups in total. The van der Waals surface area contributed by atoms with E-state index in [9.17, 15) is 4.79 Å². The molecule has 1 saturated heterocycles. The molecule has 164 valence electrons. The fourth-order valence-corrected chi connectivity index (χ4v) is 4.09. The van der Waals surface area contributed by atoms with Crippen molar-refractivity contribution in [2.45, 2.75) is 19.3 Å². The lowest BCUT2D eigenvalue weighted by molar-refractivity contribution is 0.102. The number of hydrogen-bond acceptors (Lipinski definition) is 4. The number of pyridine rings is 1. The van der Waals surface area contributed by atoms with Gasteiger partial charge in [0, 0.05) is 36.6 Å². The van der Waals surface area contributed by atoms with Crippen molar-refractivity contribution >= 4 is 28.9 Å². The fraction of sp³-hybridized carbons (Fsp3) is 0.231. The van der Waals surface area contributed by atoms with Gasteiger partial charge in [0.15, 0.2) is 0 Å².